The number of hydrogen-bond donors (Lipinski definition) is 0. The van der Waals surface area contributed by atoms with E-state index in [1.165, 1.54) is 24.3 Å². The molecule has 0 radical (unpaired) electrons. The Balaban J connectivity index is 1.80. The van der Waals surface area contributed by atoms with Crippen LogP contribution in [0.25, 0.3) is 0 Å². The molecule has 0 aromatic heterocycles. The molecule has 0 bridgehead atoms. The number of thioether (sulfide) groups is 1. The van der Waals surface area contributed by atoms with E-state index in [9.17, 15) is 0 Å². The van der Waals surface area contributed by atoms with E-state index in [4.69, 9.17) is 4.74 Å². The van der Waals surface area contributed by atoms with Gasteiger partial charge in [-0.15, -0.1) is 0 Å². The quantitative estimate of drug-likeness (QED) is 0.560. The Morgan fingerprint density at radius 1 is 1.56 bits per heavy atom. The van der Waals surface area contributed by atoms with Gasteiger partial charge in [0.2, 0.25) is 0 Å². The molecule has 1 saturated heterocycles. The molecule has 1 aliphatic rings. The predicted molar refractivity (Wildman–Crippen MR) is 42.0 cm³/mol. The SMILES string of the molecule is CCCCOC1CSC1. The van der Waals surface area contributed by atoms with Crippen LogP contribution in [0.4, 0.5) is 0 Å². The first-order valence-corrected chi connectivity index (χ1v) is 4.78. The summed E-state index contributed by atoms with van der Waals surface area (Å²) in [5.74, 6) is 2.45. The summed E-state index contributed by atoms with van der Waals surface area (Å²) in [7, 11) is 0. The lowest BCUT2D eigenvalue weighted by atomic mass is 10.3. The van der Waals surface area contributed by atoms with E-state index in [-0.39, 0.29) is 0 Å². The van der Waals surface area contributed by atoms with Gasteiger partial charge in [-0.1, -0.05) is 13.3 Å². The van der Waals surface area contributed by atoms with Crippen molar-refractivity contribution in [3.63, 3.8) is 0 Å². The third-order valence-corrected chi connectivity index (χ3v) is 2.67. The number of rotatable bonds is 4. The summed E-state index contributed by atoms with van der Waals surface area (Å²) >= 11 is 1.98. The van der Waals surface area contributed by atoms with Crippen molar-refractivity contribution in [3.8, 4) is 0 Å². The second-order valence-corrected chi connectivity index (χ2v) is 3.46. The topological polar surface area (TPSA) is 9.23 Å². The van der Waals surface area contributed by atoms with E-state index in [2.05, 4.69) is 6.92 Å². The van der Waals surface area contributed by atoms with Crippen LogP contribution in [0.5, 0.6) is 0 Å². The zero-order chi connectivity index (χ0) is 6.53. The van der Waals surface area contributed by atoms with Crippen molar-refractivity contribution in [2.24, 2.45) is 0 Å². The zero-order valence-electron chi connectivity index (χ0n) is 5.93. The number of hydrogen-bond acceptors (Lipinski definition) is 2. The second kappa shape index (κ2) is 4.18. The molecule has 0 N–H and O–H groups in total. The van der Waals surface area contributed by atoms with Crippen LogP contribution in [-0.4, -0.2) is 24.2 Å². The van der Waals surface area contributed by atoms with Gasteiger partial charge in [0.05, 0.1) is 6.10 Å². The highest BCUT2D eigenvalue weighted by atomic mass is 32.2. The highest BCUT2D eigenvalue weighted by Crippen LogP contribution is 2.20. The molecule has 9 heavy (non-hydrogen) atoms. The molecule has 1 aliphatic heterocycles. The molecule has 1 nitrogen and oxygen atoms in total. The van der Waals surface area contributed by atoms with Gasteiger partial charge in [0.1, 0.15) is 0 Å². The van der Waals surface area contributed by atoms with Crippen molar-refractivity contribution < 1.29 is 4.74 Å². The summed E-state index contributed by atoms with van der Waals surface area (Å²) in [4.78, 5) is 0. The largest absolute Gasteiger partial charge is 0.377 e. The summed E-state index contributed by atoms with van der Waals surface area (Å²) in [6, 6.07) is 0. The molecule has 0 spiro atoms. The maximum atomic E-state index is 5.50. The highest BCUT2D eigenvalue weighted by molar-refractivity contribution is 8.00. The molecule has 0 saturated carbocycles. The Hall–Kier alpha value is 0.310. The number of unbranched alkanes of at least 4 members (excludes halogenated alkanes) is 1. The van der Waals surface area contributed by atoms with Gasteiger partial charge in [0.25, 0.3) is 0 Å². The van der Waals surface area contributed by atoms with Crippen molar-refractivity contribution in [3.05, 3.63) is 0 Å². The average Bonchev–Trinajstić information content (AvgIpc) is 1.76. The molecule has 0 aromatic rings. The van der Waals surface area contributed by atoms with Gasteiger partial charge < -0.3 is 4.74 Å². The van der Waals surface area contributed by atoms with E-state index in [0.717, 1.165) is 6.61 Å². The molecule has 0 unspecified atom stereocenters. The fraction of sp³-hybridized carbons (Fsp3) is 1.00. The van der Waals surface area contributed by atoms with Crippen LogP contribution in [0.2, 0.25) is 0 Å². The molecule has 0 aliphatic carbocycles. The van der Waals surface area contributed by atoms with Crippen molar-refractivity contribution in [2.75, 3.05) is 18.1 Å². The van der Waals surface area contributed by atoms with Crippen molar-refractivity contribution in [1.82, 2.24) is 0 Å². The zero-order valence-corrected chi connectivity index (χ0v) is 6.75. The molecule has 1 heterocycles. The molecular formula is C7H14OS. The smallest absolute Gasteiger partial charge is 0.0755 e. The Labute approximate surface area is 61.2 Å². The standard InChI is InChI=1S/C7H14OS/c1-2-3-4-8-7-5-9-6-7/h7H,2-6H2,1H3. The van der Waals surface area contributed by atoms with Gasteiger partial charge in [0.15, 0.2) is 0 Å². The van der Waals surface area contributed by atoms with Crippen LogP contribution in [-0.2, 0) is 4.74 Å². The van der Waals surface area contributed by atoms with Crippen molar-refractivity contribution in [1.29, 1.82) is 0 Å². The molecule has 1 rings (SSSR count). The van der Waals surface area contributed by atoms with Gasteiger partial charge in [-0.05, 0) is 6.42 Å². The molecular weight excluding hydrogens is 132 g/mol. The summed E-state index contributed by atoms with van der Waals surface area (Å²) < 4.78 is 5.50. The van der Waals surface area contributed by atoms with Gasteiger partial charge in [0, 0.05) is 18.1 Å². The Morgan fingerprint density at radius 3 is 2.78 bits per heavy atom. The van der Waals surface area contributed by atoms with Crippen LogP contribution < -0.4 is 0 Å². The van der Waals surface area contributed by atoms with Crippen LogP contribution in [0, 0.1) is 0 Å². The summed E-state index contributed by atoms with van der Waals surface area (Å²) in [6.07, 6.45) is 3.07. The van der Waals surface area contributed by atoms with Crippen molar-refractivity contribution >= 4 is 11.8 Å². The van der Waals surface area contributed by atoms with E-state index in [1.807, 2.05) is 11.8 Å². The van der Waals surface area contributed by atoms with Crippen LogP contribution in [0.3, 0.4) is 0 Å². The second-order valence-electron chi connectivity index (χ2n) is 2.38. The summed E-state index contributed by atoms with van der Waals surface area (Å²) in [6.45, 7) is 3.17. The number of ether oxygens (including phenoxy) is 1. The minimum absolute atomic E-state index is 0.599. The van der Waals surface area contributed by atoms with E-state index in [0.29, 0.717) is 6.10 Å². The Bertz CT molecular complexity index is 71.3. The first kappa shape index (κ1) is 7.42. The molecule has 54 valence electrons. The van der Waals surface area contributed by atoms with Gasteiger partial charge in [-0.2, -0.15) is 11.8 Å². The Morgan fingerprint density at radius 2 is 2.33 bits per heavy atom. The van der Waals surface area contributed by atoms with Crippen LogP contribution in [0.1, 0.15) is 19.8 Å². The fourth-order valence-electron chi connectivity index (χ4n) is 0.705. The minimum atomic E-state index is 0.599. The fourth-order valence-corrected chi connectivity index (χ4v) is 1.33. The Kier molecular flexibility index (Phi) is 3.44. The molecule has 1 fully saturated rings. The lowest BCUT2D eigenvalue weighted by Crippen LogP contribution is -2.28. The van der Waals surface area contributed by atoms with Gasteiger partial charge in [-0.3, -0.25) is 0 Å². The van der Waals surface area contributed by atoms with Crippen molar-refractivity contribution in [2.45, 2.75) is 25.9 Å². The third kappa shape index (κ3) is 2.59. The first-order valence-electron chi connectivity index (χ1n) is 3.63. The molecule has 0 atom stereocenters. The molecule has 0 amide bonds. The van der Waals surface area contributed by atoms with Gasteiger partial charge >= 0.3 is 0 Å². The van der Waals surface area contributed by atoms with Gasteiger partial charge in [-0.25, -0.2) is 0 Å². The molecule has 0 aromatic carbocycles. The van der Waals surface area contributed by atoms with Crippen LogP contribution >= 0.6 is 11.8 Å². The predicted octanol–water partition coefficient (Wildman–Crippen LogP) is 1.92. The average molecular weight is 146 g/mol. The lowest BCUT2D eigenvalue weighted by Gasteiger charge is -2.24. The first-order chi connectivity index (χ1) is 4.43. The summed E-state index contributed by atoms with van der Waals surface area (Å²) in [5.41, 5.74) is 0. The minimum Gasteiger partial charge on any atom is -0.377 e. The third-order valence-electron chi connectivity index (χ3n) is 1.46. The van der Waals surface area contributed by atoms with E-state index >= 15 is 0 Å². The monoisotopic (exact) mass is 146 g/mol. The maximum Gasteiger partial charge on any atom is 0.0755 e. The van der Waals surface area contributed by atoms with Crippen LogP contribution in [0.15, 0.2) is 0 Å². The normalized spacial score (nSPS) is 19.7. The maximum absolute atomic E-state index is 5.50. The lowest BCUT2D eigenvalue weighted by molar-refractivity contribution is 0.0757. The molecule has 2 heteroatoms. The highest BCUT2D eigenvalue weighted by Gasteiger charge is 2.17. The van der Waals surface area contributed by atoms with E-state index in [1.54, 1.807) is 0 Å². The summed E-state index contributed by atoms with van der Waals surface area (Å²) in [5, 5.41) is 0. The van der Waals surface area contributed by atoms with E-state index < -0.39 is 0 Å².